The van der Waals surface area contributed by atoms with E-state index in [0.717, 1.165) is 12.1 Å². The second kappa shape index (κ2) is 7.35. The predicted molar refractivity (Wildman–Crippen MR) is 109 cm³/mol. The molecular formula is C22H22ClN3O3. The molecule has 5 rings (SSSR count). The van der Waals surface area contributed by atoms with Crippen LogP contribution in [0.15, 0.2) is 54.9 Å². The van der Waals surface area contributed by atoms with Gasteiger partial charge in [0.2, 0.25) is 0 Å². The molecule has 0 spiro atoms. The van der Waals surface area contributed by atoms with Crippen LogP contribution in [0.2, 0.25) is 5.02 Å². The van der Waals surface area contributed by atoms with Crippen LogP contribution in [0.1, 0.15) is 23.3 Å². The molecule has 2 fully saturated rings. The van der Waals surface area contributed by atoms with Gasteiger partial charge in [-0.05, 0) is 55.0 Å². The molecule has 0 unspecified atom stereocenters. The van der Waals surface area contributed by atoms with Crippen molar-refractivity contribution in [2.75, 3.05) is 13.1 Å². The van der Waals surface area contributed by atoms with Gasteiger partial charge in [-0.15, -0.1) is 0 Å². The first kappa shape index (κ1) is 18.5. The van der Waals surface area contributed by atoms with Gasteiger partial charge in [-0.2, -0.15) is 0 Å². The van der Waals surface area contributed by atoms with E-state index in [1.165, 1.54) is 0 Å². The van der Waals surface area contributed by atoms with Gasteiger partial charge in [0.05, 0.1) is 12.3 Å². The van der Waals surface area contributed by atoms with Crippen LogP contribution in [0, 0.1) is 11.8 Å². The Bertz CT molecular complexity index is 1050. The van der Waals surface area contributed by atoms with Crippen molar-refractivity contribution in [1.82, 2.24) is 14.3 Å². The lowest BCUT2D eigenvalue weighted by Crippen LogP contribution is -2.42. The molecular weight excluding hydrogens is 390 g/mol. The van der Waals surface area contributed by atoms with Gasteiger partial charge in [-0.3, -0.25) is 9.20 Å². The molecule has 6 nitrogen and oxygen atoms in total. The Labute approximate surface area is 173 Å². The number of imidazole rings is 1. The van der Waals surface area contributed by atoms with Gasteiger partial charge in [0.1, 0.15) is 23.2 Å². The quantitative estimate of drug-likeness (QED) is 0.718. The Kier molecular flexibility index (Phi) is 4.68. The lowest BCUT2D eigenvalue weighted by molar-refractivity contribution is -0.0231. The highest BCUT2D eigenvalue weighted by molar-refractivity contribution is 6.30. The van der Waals surface area contributed by atoms with Crippen LogP contribution in [0.4, 0.5) is 0 Å². The summed E-state index contributed by atoms with van der Waals surface area (Å²) in [5.74, 6) is 1.25. The Morgan fingerprint density at radius 3 is 2.79 bits per heavy atom. The number of pyridine rings is 1. The molecule has 3 heterocycles. The molecule has 2 aromatic heterocycles. The highest BCUT2D eigenvalue weighted by Crippen LogP contribution is 2.38. The third-order valence-corrected chi connectivity index (χ3v) is 6.33. The zero-order valence-corrected chi connectivity index (χ0v) is 16.6. The third kappa shape index (κ3) is 3.47. The molecule has 1 aliphatic heterocycles. The van der Waals surface area contributed by atoms with Crippen LogP contribution >= 0.6 is 11.6 Å². The highest BCUT2D eigenvalue weighted by Gasteiger charge is 2.44. The monoisotopic (exact) mass is 411 g/mol. The maximum atomic E-state index is 13.1. The number of hydrogen-bond donors (Lipinski definition) is 1. The fourth-order valence-corrected chi connectivity index (χ4v) is 4.83. The number of fused-ring (bicyclic) bond motifs is 2. The number of aromatic nitrogens is 2. The van der Waals surface area contributed by atoms with Crippen LogP contribution in [0.25, 0.3) is 5.65 Å². The standard InChI is InChI=1S/C22H22ClN3O3/c23-16-4-3-5-17(10-16)29-20-9-15-13-25(12-14(15)8-19(20)27)22(28)18-11-24-21-6-1-2-7-26(18)21/h1-7,10-11,14-15,19-20,27H,8-9,12-13H2/t14-,15+,19+,20+/m0/s1. The SMILES string of the molecule is O=C(c1cnc2ccccn12)N1C[C@H]2C[C@@H](Oc3cccc(Cl)c3)[C@H](O)C[C@H]2C1. The van der Waals surface area contributed by atoms with Crippen molar-refractivity contribution in [3.05, 3.63) is 65.6 Å². The molecule has 7 heteroatoms. The molecule has 1 aliphatic carbocycles. The van der Waals surface area contributed by atoms with Gasteiger partial charge in [-0.1, -0.05) is 23.7 Å². The topological polar surface area (TPSA) is 67.1 Å². The van der Waals surface area contributed by atoms with Crippen molar-refractivity contribution in [1.29, 1.82) is 0 Å². The summed E-state index contributed by atoms with van der Waals surface area (Å²) >= 11 is 6.04. The molecule has 150 valence electrons. The van der Waals surface area contributed by atoms with E-state index in [4.69, 9.17) is 16.3 Å². The summed E-state index contributed by atoms with van der Waals surface area (Å²) in [5.41, 5.74) is 1.34. The van der Waals surface area contributed by atoms with Crippen LogP contribution in [0.3, 0.4) is 0 Å². The molecule has 0 bridgehead atoms. The number of aliphatic hydroxyl groups excluding tert-OH is 1. The molecule has 3 aromatic rings. The van der Waals surface area contributed by atoms with Gasteiger partial charge in [0.25, 0.3) is 5.91 Å². The largest absolute Gasteiger partial charge is 0.488 e. The summed E-state index contributed by atoms with van der Waals surface area (Å²) in [7, 11) is 0. The summed E-state index contributed by atoms with van der Waals surface area (Å²) in [6.07, 6.45) is 4.00. The summed E-state index contributed by atoms with van der Waals surface area (Å²) in [4.78, 5) is 19.3. The van der Waals surface area contributed by atoms with Gasteiger partial charge < -0.3 is 14.7 Å². The third-order valence-electron chi connectivity index (χ3n) is 6.09. The Balaban J connectivity index is 1.30. The van der Waals surface area contributed by atoms with E-state index in [-0.39, 0.29) is 17.9 Å². The van der Waals surface area contributed by atoms with Crippen molar-refractivity contribution in [3.63, 3.8) is 0 Å². The van der Waals surface area contributed by atoms with E-state index in [0.29, 0.717) is 41.9 Å². The van der Waals surface area contributed by atoms with E-state index >= 15 is 0 Å². The molecule has 1 aromatic carbocycles. The zero-order valence-electron chi connectivity index (χ0n) is 15.8. The van der Waals surface area contributed by atoms with E-state index in [9.17, 15) is 9.90 Å². The number of nitrogens with zero attached hydrogens (tertiary/aromatic N) is 3. The number of amides is 1. The van der Waals surface area contributed by atoms with E-state index in [1.807, 2.05) is 45.8 Å². The minimum absolute atomic E-state index is 0.0140. The highest BCUT2D eigenvalue weighted by atomic mass is 35.5. The van der Waals surface area contributed by atoms with E-state index < -0.39 is 6.10 Å². The molecule has 4 atom stereocenters. The second-order valence-corrected chi connectivity index (χ2v) is 8.39. The van der Waals surface area contributed by atoms with Crippen molar-refractivity contribution in [2.45, 2.75) is 25.0 Å². The van der Waals surface area contributed by atoms with Crippen molar-refractivity contribution >= 4 is 23.2 Å². The zero-order chi connectivity index (χ0) is 20.0. The van der Waals surface area contributed by atoms with E-state index in [1.54, 1.807) is 18.3 Å². The van der Waals surface area contributed by atoms with Crippen LogP contribution < -0.4 is 4.74 Å². The van der Waals surface area contributed by atoms with Gasteiger partial charge in [0, 0.05) is 24.3 Å². The molecule has 2 aliphatic rings. The Morgan fingerprint density at radius 1 is 1.14 bits per heavy atom. The van der Waals surface area contributed by atoms with Gasteiger partial charge >= 0.3 is 0 Å². The summed E-state index contributed by atoms with van der Waals surface area (Å²) < 4.78 is 7.85. The minimum atomic E-state index is -0.555. The minimum Gasteiger partial charge on any atom is -0.488 e. The van der Waals surface area contributed by atoms with E-state index in [2.05, 4.69) is 4.98 Å². The van der Waals surface area contributed by atoms with Crippen molar-refractivity contribution < 1.29 is 14.6 Å². The normalized spacial score (nSPS) is 26.5. The second-order valence-electron chi connectivity index (χ2n) is 7.96. The molecule has 0 radical (unpaired) electrons. The Hall–Kier alpha value is -2.57. The lowest BCUT2D eigenvalue weighted by Gasteiger charge is -2.35. The van der Waals surface area contributed by atoms with Crippen LogP contribution in [-0.4, -0.2) is 50.6 Å². The lowest BCUT2D eigenvalue weighted by atomic mass is 9.78. The number of rotatable bonds is 3. The van der Waals surface area contributed by atoms with Crippen molar-refractivity contribution in [2.24, 2.45) is 11.8 Å². The molecule has 1 saturated carbocycles. The smallest absolute Gasteiger partial charge is 0.272 e. The van der Waals surface area contributed by atoms with Gasteiger partial charge in [-0.25, -0.2) is 4.98 Å². The molecule has 29 heavy (non-hydrogen) atoms. The van der Waals surface area contributed by atoms with Crippen LogP contribution in [0.5, 0.6) is 5.75 Å². The average molecular weight is 412 g/mol. The number of ether oxygens (including phenoxy) is 1. The Morgan fingerprint density at radius 2 is 1.97 bits per heavy atom. The van der Waals surface area contributed by atoms with Gasteiger partial charge in [0.15, 0.2) is 0 Å². The van der Waals surface area contributed by atoms with Crippen molar-refractivity contribution in [3.8, 4) is 5.75 Å². The first-order valence-electron chi connectivity index (χ1n) is 9.90. The summed E-state index contributed by atoms with van der Waals surface area (Å²) in [6.45, 7) is 1.33. The predicted octanol–water partition coefficient (Wildman–Crippen LogP) is 3.28. The molecule has 1 amide bonds. The number of carbonyl (C=O) groups is 1. The number of likely N-dealkylation sites (tertiary alicyclic amines) is 1. The number of benzene rings is 1. The first-order chi connectivity index (χ1) is 14.1. The fourth-order valence-electron chi connectivity index (χ4n) is 4.65. The maximum absolute atomic E-state index is 13.1. The summed E-state index contributed by atoms with van der Waals surface area (Å²) in [6, 6.07) is 12.9. The number of halogens is 1. The average Bonchev–Trinajstić information content (AvgIpc) is 3.32. The van der Waals surface area contributed by atoms with Crippen LogP contribution in [-0.2, 0) is 0 Å². The maximum Gasteiger partial charge on any atom is 0.272 e. The fraction of sp³-hybridized carbons (Fsp3) is 0.364. The summed E-state index contributed by atoms with van der Waals surface area (Å²) in [5, 5.41) is 11.2. The molecule has 1 saturated heterocycles. The number of aliphatic hydroxyl groups is 1. The number of carbonyl (C=O) groups excluding carboxylic acids is 1. The molecule has 1 N–H and O–H groups in total. The number of hydrogen-bond acceptors (Lipinski definition) is 4. The first-order valence-corrected chi connectivity index (χ1v) is 10.3.